The maximum atomic E-state index is 6.68. The summed E-state index contributed by atoms with van der Waals surface area (Å²) in [5, 5.41) is 0. The fourth-order valence-electron chi connectivity index (χ4n) is 4.99. The lowest BCUT2D eigenvalue weighted by atomic mass is 9.65. The van der Waals surface area contributed by atoms with E-state index < -0.39 is 0 Å². The van der Waals surface area contributed by atoms with Gasteiger partial charge in [-0.1, -0.05) is 43.9 Å². The molecule has 0 radical (unpaired) electrons. The molecule has 0 saturated heterocycles. The lowest BCUT2D eigenvalue weighted by Gasteiger charge is -2.41. The highest BCUT2D eigenvalue weighted by molar-refractivity contribution is 5.45. The van der Waals surface area contributed by atoms with Gasteiger partial charge in [-0.15, -0.1) is 0 Å². The number of hydrogen-bond donors (Lipinski definition) is 1. The summed E-state index contributed by atoms with van der Waals surface area (Å²) in [7, 11) is 0. The van der Waals surface area contributed by atoms with Gasteiger partial charge in [0, 0.05) is 18.0 Å². The molecule has 4 atom stereocenters. The zero-order valence-corrected chi connectivity index (χ0v) is 12.9. The Labute approximate surface area is 128 Å². The molecule has 0 aromatic heterocycles. The molecule has 1 aromatic rings. The van der Waals surface area contributed by atoms with Crippen LogP contribution in [-0.4, -0.2) is 6.61 Å². The van der Waals surface area contributed by atoms with Crippen LogP contribution < -0.4 is 10.5 Å². The maximum Gasteiger partial charge on any atom is 0.127 e. The van der Waals surface area contributed by atoms with E-state index in [1.807, 2.05) is 0 Å². The van der Waals surface area contributed by atoms with Crippen LogP contribution in [-0.2, 0) is 6.42 Å². The van der Waals surface area contributed by atoms with E-state index in [9.17, 15) is 0 Å². The molecule has 2 aliphatic carbocycles. The summed E-state index contributed by atoms with van der Waals surface area (Å²) in [5.41, 5.74) is 9.31. The number of ether oxygens (including phenoxy) is 1. The van der Waals surface area contributed by atoms with Gasteiger partial charge in [-0.2, -0.15) is 0 Å². The largest absolute Gasteiger partial charge is 0.493 e. The Bertz CT molecular complexity index is 512. The van der Waals surface area contributed by atoms with Gasteiger partial charge in [-0.05, 0) is 42.6 Å². The first-order valence-corrected chi connectivity index (χ1v) is 8.83. The first kappa shape index (κ1) is 13.6. The average Bonchev–Trinajstić information content (AvgIpc) is 3.02. The van der Waals surface area contributed by atoms with Crippen molar-refractivity contribution >= 4 is 0 Å². The molecule has 1 aliphatic heterocycles. The molecule has 4 rings (SSSR count). The van der Waals surface area contributed by atoms with Gasteiger partial charge in [0.1, 0.15) is 5.75 Å². The topological polar surface area (TPSA) is 35.2 Å². The highest BCUT2D eigenvalue weighted by Crippen LogP contribution is 2.47. The molecule has 2 nitrogen and oxygen atoms in total. The molecule has 2 heteroatoms. The molecule has 0 bridgehead atoms. The third kappa shape index (κ3) is 2.48. The fraction of sp³-hybridized carbons (Fsp3) is 0.684. The van der Waals surface area contributed by atoms with Crippen LogP contribution in [0.15, 0.2) is 18.2 Å². The van der Waals surface area contributed by atoms with Crippen molar-refractivity contribution in [3.05, 3.63) is 29.3 Å². The molecule has 2 N–H and O–H groups in total. The summed E-state index contributed by atoms with van der Waals surface area (Å²) < 4.78 is 5.87. The fourth-order valence-corrected chi connectivity index (χ4v) is 4.99. The van der Waals surface area contributed by atoms with Crippen LogP contribution in [0.1, 0.15) is 62.1 Å². The molecule has 0 spiro atoms. The molecule has 2 fully saturated rings. The summed E-state index contributed by atoms with van der Waals surface area (Å²) in [6, 6.07) is 6.72. The lowest BCUT2D eigenvalue weighted by Crippen LogP contribution is -2.33. The third-order valence-electron chi connectivity index (χ3n) is 6.19. The lowest BCUT2D eigenvalue weighted by molar-refractivity contribution is 0.117. The van der Waals surface area contributed by atoms with Crippen LogP contribution in [0.3, 0.4) is 0 Å². The normalized spacial score (nSPS) is 32.9. The van der Waals surface area contributed by atoms with Crippen LogP contribution >= 0.6 is 0 Å². The van der Waals surface area contributed by atoms with Crippen LogP contribution in [0.4, 0.5) is 0 Å². The van der Waals surface area contributed by atoms with Crippen molar-refractivity contribution in [1.82, 2.24) is 0 Å². The van der Waals surface area contributed by atoms with E-state index in [1.165, 1.54) is 56.1 Å². The van der Waals surface area contributed by atoms with Crippen LogP contribution in [0.5, 0.6) is 5.75 Å². The van der Waals surface area contributed by atoms with E-state index in [4.69, 9.17) is 10.5 Å². The Morgan fingerprint density at radius 2 is 1.90 bits per heavy atom. The number of para-hydroxylation sites is 1. The van der Waals surface area contributed by atoms with Gasteiger partial charge in [0.2, 0.25) is 0 Å². The van der Waals surface area contributed by atoms with Gasteiger partial charge in [-0.25, -0.2) is 0 Å². The van der Waals surface area contributed by atoms with Gasteiger partial charge in [-0.3, -0.25) is 0 Å². The molecule has 2 saturated carbocycles. The first-order chi connectivity index (χ1) is 10.3. The first-order valence-electron chi connectivity index (χ1n) is 8.83. The highest BCUT2D eigenvalue weighted by atomic mass is 16.5. The zero-order chi connectivity index (χ0) is 14.2. The highest BCUT2D eigenvalue weighted by Gasteiger charge is 2.35. The van der Waals surface area contributed by atoms with Crippen LogP contribution in [0.25, 0.3) is 0 Å². The molecule has 21 heavy (non-hydrogen) atoms. The van der Waals surface area contributed by atoms with E-state index in [-0.39, 0.29) is 6.04 Å². The minimum atomic E-state index is 0.168. The van der Waals surface area contributed by atoms with Crippen molar-refractivity contribution in [1.29, 1.82) is 0 Å². The van der Waals surface area contributed by atoms with Gasteiger partial charge < -0.3 is 10.5 Å². The Balaban J connectivity index is 1.53. The Hall–Kier alpha value is -1.02. The number of rotatable bonds is 2. The van der Waals surface area contributed by atoms with E-state index in [2.05, 4.69) is 18.2 Å². The number of nitrogens with two attached hydrogens (primary N) is 1. The molecule has 0 amide bonds. The van der Waals surface area contributed by atoms with Gasteiger partial charge in [0.15, 0.2) is 0 Å². The van der Waals surface area contributed by atoms with Crippen LogP contribution in [0.2, 0.25) is 0 Å². The predicted octanol–water partition coefficient (Wildman–Crippen LogP) is 4.23. The second-order valence-electron chi connectivity index (χ2n) is 7.34. The van der Waals surface area contributed by atoms with Gasteiger partial charge in [0.25, 0.3) is 0 Å². The predicted molar refractivity (Wildman–Crippen MR) is 85.4 cm³/mol. The molecule has 1 aromatic carbocycles. The molecule has 1 heterocycles. The van der Waals surface area contributed by atoms with Crippen molar-refractivity contribution in [3.63, 3.8) is 0 Å². The summed E-state index contributed by atoms with van der Waals surface area (Å²) in [6.07, 6.45) is 10.9. The smallest absolute Gasteiger partial charge is 0.127 e. The van der Waals surface area contributed by atoms with Crippen molar-refractivity contribution in [2.75, 3.05) is 6.61 Å². The quantitative estimate of drug-likeness (QED) is 0.882. The number of benzene rings is 1. The van der Waals surface area contributed by atoms with Crippen molar-refractivity contribution in [2.45, 2.75) is 57.4 Å². The van der Waals surface area contributed by atoms with Crippen molar-refractivity contribution < 1.29 is 4.74 Å². The minimum absolute atomic E-state index is 0.168. The number of fused-ring (bicyclic) bond motifs is 2. The SMILES string of the molecule is NC(c1cccc2c1OCC2)C1CCC2CCCCC2C1. The standard InChI is InChI=1S/C19H27NO/c20-18(17-7-3-6-14-10-11-21-19(14)17)16-9-8-13-4-1-2-5-15(13)12-16/h3,6-7,13,15-16,18H,1-2,4-5,8-12,20H2. The molecule has 3 aliphatic rings. The van der Waals surface area contributed by atoms with Crippen molar-refractivity contribution in [3.8, 4) is 5.75 Å². The second-order valence-corrected chi connectivity index (χ2v) is 7.34. The van der Waals surface area contributed by atoms with Crippen LogP contribution in [0, 0.1) is 17.8 Å². The Kier molecular flexibility index (Phi) is 3.66. The molecule has 4 unspecified atom stereocenters. The monoisotopic (exact) mass is 285 g/mol. The third-order valence-corrected chi connectivity index (χ3v) is 6.19. The van der Waals surface area contributed by atoms with Gasteiger partial charge >= 0.3 is 0 Å². The average molecular weight is 285 g/mol. The summed E-state index contributed by atoms with van der Waals surface area (Å²) in [5.74, 6) is 3.71. The molecular formula is C19H27NO. The van der Waals surface area contributed by atoms with E-state index in [1.54, 1.807) is 0 Å². The Morgan fingerprint density at radius 3 is 2.81 bits per heavy atom. The Morgan fingerprint density at radius 1 is 1.05 bits per heavy atom. The van der Waals surface area contributed by atoms with E-state index in [0.717, 1.165) is 30.6 Å². The molecule has 114 valence electrons. The zero-order valence-electron chi connectivity index (χ0n) is 12.9. The number of hydrogen-bond acceptors (Lipinski definition) is 2. The summed E-state index contributed by atoms with van der Waals surface area (Å²) in [6.45, 7) is 0.828. The summed E-state index contributed by atoms with van der Waals surface area (Å²) >= 11 is 0. The minimum Gasteiger partial charge on any atom is -0.493 e. The van der Waals surface area contributed by atoms with E-state index >= 15 is 0 Å². The van der Waals surface area contributed by atoms with Crippen molar-refractivity contribution in [2.24, 2.45) is 23.5 Å². The molecular weight excluding hydrogens is 258 g/mol. The van der Waals surface area contributed by atoms with E-state index in [0.29, 0.717) is 5.92 Å². The summed E-state index contributed by atoms with van der Waals surface area (Å²) in [4.78, 5) is 0. The van der Waals surface area contributed by atoms with Gasteiger partial charge in [0.05, 0.1) is 6.61 Å². The second kappa shape index (κ2) is 5.64. The maximum absolute atomic E-state index is 6.68.